The fourth-order valence-electron chi connectivity index (χ4n) is 7.82. The van der Waals surface area contributed by atoms with E-state index >= 15 is 0 Å². The van der Waals surface area contributed by atoms with E-state index < -0.39 is 0 Å². The molecule has 0 saturated heterocycles. The summed E-state index contributed by atoms with van der Waals surface area (Å²) in [6, 6.07) is 51.7. The Balaban J connectivity index is 1.41. The molecule has 0 aliphatic heterocycles. The SMILES string of the molecule is CC(c1nnc(-c2cccc(-c3cc(-c4ccc(C(C)(C)C)cc4)cc(-c4ccc(C(C)(C)C)cc4)c3)c2)n1-c1ccc(-c2ccccc2)cc1C(C)(C)C)C(C)(C)C. The molecular weight excluding hydrogens is 715 g/mol. The summed E-state index contributed by atoms with van der Waals surface area (Å²) in [6.45, 7) is 29.7. The predicted octanol–water partition coefficient (Wildman–Crippen LogP) is 15.6. The van der Waals surface area contributed by atoms with E-state index in [1.807, 2.05) is 0 Å². The van der Waals surface area contributed by atoms with Gasteiger partial charge >= 0.3 is 0 Å². The highest BCUT2D eigenvalue weighted by Gasteiger charge is 2.31. The molecule has 7 rings (SSSR count). The number of nitrogens with zero attached hydrogens (tertiary/aromatic N) is 3. The molecule has 1 atom stereocenters. The Morgan fingerprint density at radius 3 is 1.31 bits per heavy atom. The van der Waals surface area contributed by atoms with Gasteiger partial charge in [-0.25, -0.2) is 0 Å². The van der Waals surface area contributed by atoms with Crippen molar-refractivity contribution in [3.05, 3.63) is 162 Å². The van der Waals surface area contributed by atoms with Crippen LogP contribution in [-0.4, -0.2) is 14.8 Å². The van der Waals surface area contributed by atoms with Crippen LogP contribution in [-0.2, 0) is 16.2 Å². The smallest absolute Gasteiger partial charge is 0.168 e. The van der Waals surface area contributed by atoms with E-state index in [-0.39, 0.29) is 27.6 Å². The standard InChI is InChI=1S/C56H63N3/c1-37(53(2,3)4)51-57-58-52(59(51)50-31-26-42(36-49(50)56(11,12)13)38-18-15-14-16-19-38)43-21-17-20-41(32-43)46-34-44(39-22-27-47(28-23-39)54(5,6)7)33-45(35-46)40-24-29-48(30-25-40)55(8,9)10/h14-37H,1-13H3. The van der Waals surface area contributed by atoms with Gasteiger partial charge in [0.05, 0.1) is 5.69 Å². The van der Waals surface area contributed by atoms with Gasteiger partial charge in [0, 0.05) is 11.5 Å². The van der Waals surface area contributed by atoms with Gasteiger partial charge in [0.1, 0.15) is 5.82 Å². The second-order valence-electron chi connectivity index (χ2n) is 20.7. The molecule has 0 saturated carbocycles. The first-order chi connectivity index (χ1) is 27.7. The van der Waals surface area contributed by atoms with Crippen LogP contribution in [0, 0.1) is 5.41 Å². The first-order valence-corrected chi connectivity index (χ1v) is 21.3. The van der Waals surface area contributed by atoms with Crippen molar-refractivity contribution in [1.29, 1.82) is 0 Å². The zero-order valence-corrected chi connectivity index (χ0v) is 37.7. The lowest BCUT2D eigenvalue weighted by atomic mass is 9.81. The third kappa shape index (κ3) is 8.91. The van der Waals surface area contributed by atoms with Crippen LogP contribution >= 0.6 is 0 Å². The lowest BCUT2D eigenvalue weighted by Crippen LogP contribution is -2.22. The summed E-state index contributed by atoms with van der Waals surface area (Å²) in [5.74, 6) is 1.96. The average molecular weight is 778 g/mol. The van der Waals surface area contributed by atoms with Gasteiger partial charge in [-0.15, -0.1) is 10.2 Å². The fraction of sp³-hybridized carbons (Fsp3) is 0.321. The van der Waals surface area contributed by atoms with Crippen LogP contribution in [0.2, 0.25) is 0 Å². The highest BCUT2D eigenvalue weighted by Crippen LogP contribution is 2.42. The maximum atomic E-state index is 5.04. The van der Waals surface area contributed by atoms with Crippen molar-refractivity contribution < 1.29 is 0 Å². The maximum Gasteiger partial charge on any atom is 0.168 e. The number of aromatic nitrogens is 3. The number of benzene rings is 6. The zero-order chi connectivity index (χ0) is 42.5. The minimum Gasteiger partial charge on any atom is -0.278 e. The Labute approximate surface area is 354 Å². The molecule has 302 valence electrons. The molecule has 0 spiro atoms. The van der Waals surface area contributed by atoms with Gasteiger partial charge in [0.15, 0.2) is 5.82 Å². The Morgan fingerprint density at radius 1 is 0.390 bits per heavy atom. The Hall–Kier alpha value is -5.54. The molecule has 0 N–H and O–H groups in total. The Kier molecular flexibility index (Phi) is 11.0. The average Bonchev–Trinajstić information content (AvgIpc) is 3.64. The van der Waals surface area contributed by atoms with Crippen LogP contribution in [0.3, 0.4) is 0 Å². The molecule has 3 heteroatoms. The molecule has 0 radical (unpaired) electrons. The van der Waals surface area contributed by atoms with Crippen LogP contribution in [0.4, 0.5) is 0 Å². The predicted molar refractivity (Wildman–Crippen MR) is 253 cm³/mol. The molecular formula is C56H63N3. The van der Waals surface area contributed by atoms with E-state index in [1.54, 1.807) is 0 Å². The summed E-state index contributed by atoms with van der Waals surface area (Å²) in [5, 5.41) is 10.0. The van der Waals surface area contributed by atoms with Gasteiger partial charge < -0.3 is 0 Å². The van der Waals surface area contributed by atoms with Gasteiger partial charge in [0.2, 0.25) is 0 Å². The van der Waals surface area contributed by atoms with E-state index in [2.05, 4.69) is 234 Å². The molecule has 0 amide bonds. The van der Waals surface area contributed by atoms with E-state index in [9.17, 15) is 0 Å². The molecule has 1 aromatic heterocycles. The highest BCUT2D eigenvalue weighted by atomic mass is 15.3. The summed E-state index contributed by atoms with van der Waals surface area (Å²) >= 11 is 0. The molecule has 6 aromatic carbocycles. The topological polar surface area (TPSA) is 30.7 Å². The van der Waals surface area contributed by atoms with Crippen LogP contribution in [0.25, 0.3) is 61.6 Å². The summed E-state index contributed by atoms with van der Waals surface area (Å²) in [7, 11) is 0. The van der Waals surface area contributed by atoms with Gasteiger partial charge in [-0.3, -0.25) is 4.57 Å². The summed E-state index contributed by atoms with van der Waals surface area (Å²) < 4.78 is 2.35. The van der Waals surface area contributed by atoms with Gasteiger partial charge in [-0.1, -0.05) is 193 Å². The summed E-state index contributed by atoms with van der Waals surface area (Å²) in [5.41, 5.74) is 15.6. The molecule has 0 bridgehead atoms. The third-order valence-corrected chi connectivity index (χ3v) is 12.1. The lowest BCUT2D eigenvalue weighted by Gasteiger charge is -2.30. The van der Waals surface area contributed by atoms with E-state index in [4.69, 9.17) is 10.2 Å². The summed E-state index contributed by atoms with van der Waals surface area (Å²) in [6.07, 6.45) is 0. The largest absolute Gasteiger partial charge is 0.278 e. The molecule has 1 heterocycles. The summed E-state index contributed by atoms with van der Waals surface area (Å²) in [4.78, 5) is 0. The molecule has 0 aliphatic rings. The van der Waals surface area contributed by atoms with Crippen molar-refractivity contribution in [3.8, 4) is 61.6 Å². The van der Waals surface area contributed by atoms with Crippen molar-refractivity contribution in [2.24, 2.45) is 5.41 Å². The van der Waals surface area contributed by atoms with Gasteiger partial charge in [0.25, 0.3) is 0 Å². The molecule has 0 aliphatic carbocycles. The quantitative estimate of drug-likeness (QED) is 0.161. The van der Waals surface area contributed by atoms with E-state index in [0.29, 0.717) is 0 Å². The van der Waals surface area contributed by atoms with Crippen molar-refractivity contribution >= 4 is 0 Å². The molecule has 7 aromatic rings. The fourth-order valence-corrected chi connectivity index (χ4v) is 7.82. The van der Waals surface area contributed by atoms with Gasteiger partial charge in [-0.2, -0.15) is 0 Å². The van der Waals surface area contributed by atoms with Crippen molar-refractivity contribution in [2.75, 3.05) is 0 Å². The Morgan fingerprint density at radius 2 is 0.814 bits per heavy atom. The molecule has 1 unspecified atom stereocenters. The van der Waals surface area contributed by atoms with Crippen molar-refractivity contribution in [3.63, 3.8) is 0 Å². The highest BCUT2D eigenvalue weighted by molar-refractivity contribution is 5.83. The normalized spacial score (nSPS) is 13.1. The first kappa shape index (κ1) is 41.6. The second kappa shape index (κ2) is 15.6. The van der Waals surface area contributed by atoms with Crippen LogP contribution < -0.4 is 0 Å². The minimum atomic E-state index is -0.140. The molecule has 59 heavy (non-hydrogen) atoms. The monoisotopic (exact) mass is 778 g/mol. The molecule has 0 fully saturated rings. The second-order valence-corrected chi connectivity index (χ2v) is 20.7. The number of hydrogen-bond donors (Lipinski definition) is 0. The number of hydrogen-bond acceptors (Lipinski definition) is 2. The lowest BCUT2D eigenvalue weighted by molar-refractivity contribution is 0.325. The Bertz CT molecular complexity index is 2480. The first-order valence-electron chi connectivity index (χ1n) is 21.3. The van der Waals surface area contributed by atoms with Crippen molar-refractivity contribution in [1.82, 2.24) is 14.8 Å². The zero-order valence-electron chi connectivity index (χ0n) is 37.7. The number of rotatable bonds is 7. The van der Waals surface area contributed by atoms with Gasteiger partial charge in [-0.05, 0) is 119 Å². The van der Waals surface area contributed by atoms with Crippen molar-refractivity contribution in [2.45, 2.75) is 112 Å². The van der Waals surface area contributed by atoms with E-state index in [0.717, 1.165) is 34.0 Å². The van der Waals surface area contributed by atoms with Crippen LogP contribution in [0.5, 0.6) is 0 Å². The van der Waals surface area contributed by atoms with E-state index in [1.165, 1.54) is 50.1 Å². The maximum absolute atomic E-state index is 5.04. The molecule has 3 nitrogen and oxygen atoms in total. The third-order valence-electron chi connectivity index (χ3n) is 12.1. The van der Waals surface area contributed by atoms with Crippen LogP contribution in [0.15, 0.2) is 140 Å². The van der Waals surface area contributed by atoms with Crippen LogP contribution in [0.1, 0.15) is 118 Å². The minimum absolute atomic E-state index is 0.0250.